The molecule has 154 valence electrons. The largest absolute Gasteiger partial charge is 0.342 e. The summed E-state index contributed by atoms with van der Waals surface area (Å²) in [5.74, 6) is 0.331. The molecule has 2 aliphatic rings. The first kappa shape index (κ1) is 19.6. The lowest BCUT2D eigenvalue weighted by Crippen LogP contribution is -2.52. The van der Waals surface area contributed by atoms with Crippen molar-refractivity contribution >= 4 is 11.8 Å². The Labute approximate surface area is 171 Å². The second kappa shape index (κ2) is 8.35. The Morgan fingerprint density at radius 1 is 1.17 bits per heavy atom. The van der Waals surface area contributed by atoms with Crippen LogP contribution < -0.4 is 0 Å². The number of hydrogen-bond acceptors (Lipinski definition) is 4. The van der Waals surface area contributed by atoms with Crippen LogP contribution in [-0.4, -0.2) is 56.0 Å². The van der Waals surface area contributed by atoms with Gasteiger partial charge in [-0.15, -0.1) is 0 Å². The van der Waals surface area contributed by atoms with Crippen LogP contribution in [0.3, 0.4) is 0 Å². The maximum atomic E-state index is 12.9. The van der Waals surface area contributed by atoms with Gasteiger partial charge in [0.2, 0.25) is 11.8 Å². The van der Waals surface area contributed by atoms with Crippen molar-refractivity contribution in [1.82, 2.24) is 24.6 Å². The zero-order valence-corrected chi connectivity index (χ0v) is 17.0. The van der Waals surface area contributed by atoms with E-state index in [1.807, 2.05) is 51.9 Å². The molecule has 0 aliphatic carbocycles. The van der Waals surface area contributed by atoms with Crippen molar-refractivity contribution in [2.75, 3.05) is 19.6 Å². The quantitative estimate of drug-likeness (QED) is 0.779. The van der Waals surface area contributed by atoms with Crippen molar-refractivity contribution in [1.29, 1.82) is 0 Å². The molecular weight excluding hydrogens is 366 g/mol. The highest BCUT2D eigenvalue weighted by atomic mass is 16.2. The number of piperidine rings is 2. The van der Waals surface area contributed by atoms with Crippen LogP contribution in [0.15, 0.2) is 42.9 Å². The molecule has 0 aromatic carbocycles. The van der Waals surface area contributed by atoms with E-state index in [9.17, 15) is 9.59 Å². The molecule has 2 saturated heterocycles. The fraction of sp³-hybridized carbons (Fsp3) is 0.545. The number of hydrogen-bond donors (Lipinski definition) is 0. The zero-order valence-electron chi connectivity index (χ0n) is 17.0. The van der Waals surface area contributed by atoms with Crippen molar-refractivity contribution in [2.45, 2.75) is 45.7 Å². The Kier molecular flexibility index (Phi) is 5.65. The van der Waals surface area contributed by atoms with Gasteiger partial charge in [0.05, 0.1) is 24.7 Å². The first-order valence-electron chi connectivity index (χ1n) is 10.5. The fourth-order valence-electron chi connectivity index (χ4n) is 4.62. The molecule has 0 radical (unpaired) electrons. The van der Waals surface area contributed by atoms with Gasteiger partial charge in [0.15, 0.2) is 0 Å². The van der Waals surface area contributed by atoms with Crippen molar-refractivity contribution in [3.63, 3.8) is 0 Å². The first-order chi connectivity index (χ1) is 14.0. The summed E-state index contributed by atoms with van der Waals surface area (Å²) in [5, 5.41) is 4.21. The second-order valence-electron chi connectivity index (χ2n) is 8.53. The summed E-state index contributed by atoms with van der Waals surface area (Å²) in [4.78, 5) is 33.7. The molecule has 7 heteroatoms. The Bertz CT molecular complexity index is 828. The van der Waals surface area contributed by atoms with Gasteiger partial charge in [-0.1, -0.05) is 13.0 Å². The van der Waals surface area contributed by atoms with E-state index in [1.165, 1.54) is 0 Å². The summed E-state index contributed by atoms with van der Waals surface area (Å²) in [5.41, 5.74) is 1.06. The minimum atomic E-state index is -0.0856. The Morgan fingerprint density at radius 3 is 2.69 bits per heavy atom. The van der Waals surface area contributed by atoms with Gasteiger partial charge in [0, 0.05) is 44.6 Å². The predicted molar refractivity (Wildman–Crippen MR) is 109 cm³/mol. The van der Waals surface area contributed by atoms with Crippen molar-refractivity contribution in [3.05, 3.63) is 48.5 Å². The number of rotatable bonds is 5. The summed E-state index contributed by atoms with van der Waals surface area (Å²) in [6.45, 7) is 5.47. The topological polar surface area (TPSA) is 71.3 Å². The van der Waals surface area contributed by atoms with E-state index in [0.29, 0.717) is 19.5 Å². The highest BCUT2D eigenvalue weighted by molar-refractivity contribution is 5.79. The third-order valence-corrected chi connectivity index (χ3v) is 6.40. The van der Waals surface area contributed by atoms with Crippen LogP contribution in [0.25, 0.3) is 0 Å². The second-order valence-corrected chi connectivity index (χ2v) is 8.53. The molecule has 0 saturated carbocycles. The lowest BCUT2D eigenvalue weighted by atomic mass is 9.72. The van der Waals surface area contributed by atoms with Gasteiger partial charge in [-0.05, 0) is 42.9 Å². The first-order valence-corrected chi connectivity index (χ1v) is 10.5. The van der Waals surface area contributed by atoms with Crippen LogP contribution in [-0.2, 0) is 22.7 Å². The predicted octanol–water partition coefficient (Wildman–Crippen LogP) is 2.35. The van der Waals surface area contributed by atoms with Crippen molar-refractivity contribution in [2.24, 2.45) is 11.3 Å². The lowest BCUT2D eigenvalue weighted by Gasteiger charge is -2.47. The van der Waals surface area contributed by atoms with Crippen LogP contribution in [0.2, 0.25) is 0 Å². The Balaban J connectivity index is 1.34. The van der Waals surface area contributed by atoms with Gasteiger partial charge in [0.1, 0.15) is 0 Å². The molecule has 2 aromatic rings. The monoisotopic (exact) mass is 395 g/mol. The highest BCUT2D eigenvalue weighted by Crippen LogP contribution is 2.40. The molecule has 1 atom stereocenters. The minimum absolute atomic E-state index is 0.0856. The van der Waals surface area contributed by atoms with E-state index < -0.39 is 0 Å². The molecular formula is C22H29N5O2. The minimum Gasteiger partial charge on any atom is -0.342 e. The maximum absolute atomic E-state index is 12.9. The van der Waals surface area contributed by atoms with Crippen LogP contribution in [0.1, 0.15) is 38.3 Å². The number of aromatic nitrogens is 3. The van der Waals surface area contributed by atoms with E-state index in [4.69, 9.17) is 0 Å². The molecule has 2 fully saturated rings. The van der Waals surface area contributed by atoms with E-state index >= 15 is 0 Å². The third-order valence-electron chi connectivity index (χ3n) is 6.40. The zero-order chi connectivity index (χ0) is 20.3. The van der Waals surface area contributed by atoms with Gasteiger partial charge in [-0.25, -0.2) is 0 Å². The molecule has 4 rings (SSSR count). The van der Waals surface area contributed by atoms with Gasteiger partial charge in [-0.2, -0.15) is 5.10 Å². The van der Waals surface area contributed by atoms with Crippen LogP contribution in [0, 0.1) is 11.3 Å². The lowest BCUT2D eigenvalue weighted by molar-refractivity contribution is -0.144. The average molecular weight is 396 g/mol. The van der Waals surface area contributed by atoms with Gasteiger partial charge >= 0.3 is 0 Å². The summed E-state index contributed by atoms with van der Waals surface area (Å²) < 4.78 is 1.82. The molecule has 2 aromatic heterocycles. The third kappa shape index (κ3) is 4.49. The molecule has 0 N–H and O–H groups in total. The SMILES string of the molecule is C[C@H](Cn1cccn1)C(=O)N1CCC2(CCC(=O)N(Cc3ccccn3)C2)CC1. The summed E-state index contributed by atoms with van der Waals surface area (Å²) in [6.07, 6.45) is 8.84. The number of pyridine rings is 1. The maximum Gasteiger partial charge on any atom is 0.227 e. The molecule has 2 aliphatic heterocycles. The van der Waals surface area contributed by atoms with E-state index in [2.05, 4.69) is 10.1 Å². The molecule has 1 spiro atoms. The number of likely N-dealkylation sites (tertiary alicyclic amines) is 2. The Hall–Kier alpha value is -2.70. The molecule has 0 bridgehead atoms. The Morgan fingerprint density at radius 2 is 2.00 bits per heavy atom. The normalized spacial score (nSPS) is 20.1. The van der Waals surface area contributed by atoms with E-state index in [0.717, 1.165) is 44.6 Å². The number of amides is 2. The number of nitrogens with zero attached hydrogens (tertiary/aromatic N) is 5. The van der Waals surface area contributed by atoms with Crippen molar-refractivity contribution < 1.29 is 9.59 Å². The van der Waals surface area contributed by atoms with Crippen LogP contribution >= 0.6 is 0 Å². The molecule has 4 heterocycles. The van der Waals surface area contributed by atoms with Crippen LogP contribution in [0.4, 0.5) is 0 Å². The number of carbonyl (C=O) groups excluding carboxylic acids is 2. The average Bonchev–Trinajstić information content (AvgIpc) is 3.25. The van der Waals surface area contributed by atoms with E-state index in [1.54, 1.807) is 12.4 Å². The van der Waals surface area contributed by atoms with Crippen LogP contribution in [0.5, 0.6) is 0 Å². The van der Waals surface area contributed by atoms with Gasteiger partial charge in [-0.3, -0.25) is 19.3 Å². The fourth-order valence-corrected chi connectivity index (χ4v) is 4.62. The van der Waals surface area contributed by atoms with Crippen molar-refractivity contribution in [3.8, 4) is 0 Å². The van der Waals surface area contributed by atoms with E-state index in [-0.39, 0.29) is 23.1 Å². The smallest absolute Gasteiger partial charge is 0.227 e. The molecule has 0 unspecified atom stereocenters. The summed E-state index contributed by atoms with van der Waals surface area (Å²) in [6, 6.07) is 7.70. The highest BCUT2D eigenvalue weighted by Gasteiger charge is 2.42. The summed E-state index contributed by atoms with van der Waals surface area (Å²) in [7, 11) is 0. The number of carbonyl (C=O) groups is 2. The van der Waals surface area contributed by atoms with Gasteiger partial charge < -0.3 is 9.80 Å². The molecule has 2 amide bonds. The van der Waals surface area contributed by atoms with Gasteiger partial charge in [0.25, 0.3) is 0 Å². The summed E-state index contributed by atoms with van der Waals surface area (Å²) >= 11 is 0. The standard InChI is InChI=1S/C22H29N5O2/c1-18(15-27-12-4-11-24-27)21(29)25-13-8-22(9-14-25)7-6-20(28)26(17-22)16-19-5-2-3-10-23-19/h2-5,10-12,18H,6-9,13-17H2,1H3/t18-/m1/s1. The molecule has 29 heavy (non-hydrogen) atoms. The molecule has 7 nitrogen and oxygen atoms in total.